The zero-order valence-electron chi connectivity index (χ0n) is 23.2. The van der Waals surface area contributed by atoms with Gasteiger partial charge in [-0.15, -0.1) is 0 Å². The van der Waals surface area contributed by atoms with Crippen molar-refractivity contribution in [1.82, 2.24) is 4.90 Å². The van der Waals surface area contributed by atoms with Crippen LogP contribution in [0.2, 0.25) is 6.32 Å². The van der Waals surface area contributed by atoms with Crippen molar-refractivity contribution in [3.63, 3.8) is 0 Å². The van der Waals surface area contributed by atoms with Crippen molar-refractivity contribution >= 4 is 36.2 Å². The van der Waals surface area contributed by atoms with Crippen molar-refractivity contribution in [1.29, 1.82) is 0 Å². The van der Waals surface area contributed by atoms with E-state index < -0.39 is 18.4 Å². The van der Waals surface area contributed by atoms with Gasteiger partial charge in [0.1, 0.15) is 0 Å². The molecule has 37 heavy (non-hydrogen) atoms. The minimum atomic E-state index is -3.65. The van der Waals surface area contributed by atoms with Crippen LogP contribution in [0.1, 0.15) is 34.1 Å². The van der Waals surface area contributed by atoms with Gasteiger partial charge < -0.3 is 0 Å². The number of rotatable bonds is 9. The standard InChI is InChI=1S/C14H25BNO2.3C6H5.Sn/c1-8-9-12(11-16(6)7)10-15-17-13(2,3)14(4,5)18-15;3*1-2-4-6-5-3-1;/h11H,1,9-10H2,2-7H3;3*1-5H;. The van der Waals surface area contributed by atoms with E-state index >= 15 is 0 Å². The summed E-state index contributed by atoms with van der Waals surface area (Å²) >= 11 is -3.65. The molecule has 0 saturated carbocycles. The normalized spacial score (nSPS) is 17.0. The quantitative estimate of drug-likeness (QED) is 0.317. The first-order chi connectivity index (χ1) is 17.6. The molecular formula is C32H40BNO2Sn. The maximum absolute atomic E-state index is 6.40. The first-order valence-electron chi connectivity index (χ1n) is 13.1. The third-order valence-electron chi connectivity index (χ3n) is 7.76. The summed E-state index contributed by atoms with van der Waals surface area (Å²) < 4.78 is 18.4. The fraction of sp³-hybridized carbons (Fsp3) is 0.312. The van der Waals surface area contributed by atoms with Gasteiger partial charge in [-0.25, -0.2) is 0 Å². The molecule has 3 aromatic carbocycles. The molecular weight excluding hydrogens is 560 g/mol. The second-order valence-electron chi connectivity index (χ2n) is 11.3. The Labute approximate surface area is 228 Å². The molecule has 0 unspecified atom stereocenters. The number of benzene rings is 3. The van der Waals surface area contributed by atoms with Crippen molar-refractivity contribution in [2.45, 2.75) is 51.6 Å². The minimum absolute atomic E-state index is 0.279. The summed E-state index contributed by atoms with van der Waals surface area (Å²) in [5, 5.41) is 0. The van der Waals surface area contributed by atoms with E-state index in [9.17, 15) is 0 Å². The Balaban J connectivity index is 1.79. The zero-order valence-corrected chi connectivity index (χ0v) is 26.1. The van der Waals surface area contributed by atoms with E-state index in [1.807, 2.05) is 0 Å². The van der Waals surface area contributed by atoms with Crippen molar-refractivity contribution in [3.05, 3.63) is 113 Å². The molecule has 1 aliphatic rings. The van der Waals surface area contributed by atoms with Crippen LogP contribution in [0.5, 0.6) is 0 Å². The first-order valence-corrected chi connectivity index (χ1v) is 18.8. The summed E-state index contributed by atoms with van der Waals surface area (Å²) in [4.78, 5) is 2.12. The number of nitrogens with zero attached hydrogens (tertiary/aromatic N) is 1. The predicted octanol–water partition coefficient (Wildman–Crippen LogP) is 5.18. The molecule has 0 N–H and O–H groups in total. The van der Waals surface area contributed by atoms with Crippen LogP contribution in [-0.4, -0.2) is 55.7 Å². The van der Waals surface area contributed by atoms with Gasteiger partial charge in [0.25, 0.3) is 0 Å². The van der Waals surface area contributed by atoms with Crippen LogP contribution in [0.4, 0.5) is 0 Å². The molecule has 0 aromatic heterocycles. The molecule has 0 amide bonds. The Hall–Kier alpha value is -2.28. The summed E-state index contributed by atoms with van der Waals surface area (Å²) in [6.07, 6.45) is 3.75. The molecule has 5 heteroatoms. The summed E-state index contributed by atoms with van der Waals surface area (Å²) in [6.45, 7) is 13.3. The number of hydrogen-bond donors (Lipinski definition) is 0. The predicted molar refractivity (Wildman–Crippen MR) is 160 cm³/mol. The Kier molecular flexibility index (Phi) is 8.42. The molecule has 4 rings (SSSR count). The molecule has 0 radical (unpaired) electrons. The van der Waals surface area contributed by atoms with Gasteiger partial charge in [0.2, 0.25) is 0 Å². The monoisotopic (exact) mass is 601 g/mol. The van der Waals surface area contributed by atoms with Gasteiger partial charge in [0, 0.05) is 0 Å². The van der Waals surface area contributed by atoms with Gasteiger partial charge in [-0.3, -0.25) is 0 Å². The summed E-state index contributed by atoms with van der Waals surface area (Å²) in [7, 11) is 3.88. The van der Waals surface area contributed by atoms with Crippen molar-refractivity contribution < 1.29 is 9.31 Å². The van der Waals surface area contributed by atoms with Crippen LogP contribution in [0.3, 0.4) is 0 Å². The molecule has 1 fully saturated rings. The van der Waals surface area contributed by atoms with Gasteiger partial charge >= 0.3 is 229 Å². The zero-order chi connectivity index (χ0) is 26.7. The topological polar surface area (TPSA) is 21.7 Å². The van der Waals surface area contributed by atoms with Crippen LogP contribution in [0.25, 0.3) is 0 Å². The Bertz CT molecular complexity index is 1110. The summed E-state index contributed by atoms with van der Waals surface area (Å²) in [5.74, 6) is 0. The second-order valence-corrected chi connectivity index (χ2v) is 22.5. The van der Waals surface area contributed by atoms with E-state index in [-0.39, 0.29) is 18.3 Å². The second kappa shape index (κ2) is 11.2. The number of allylic oxidation sites excluding steroid dienone is 2. The molecule has 1 heterocycles. The fourth-order valence-corrected chi connectivity index (χ4v) is 19.1. The molecule has 1 saturated heterocycles. The molecule has 1 aliphatic heterocycles. The molecule has 192 valence electrons. The molecule has 3 nitrogen and oxygen atoms in total. The fourth-order valence-electron chi connectivity index (χ4n) is 5.38. The molecule has 0 atom stereocenters. The molecule has 0 bridgehead atoms. The third kappa shape index (κ3) is 5.77. The summed E-state index contributed by atoms with van der Waals surface area (Å²) in [6, 6.07) is 33.2. The summed E-state index contributed by atoms with van der Waals surface area (Å²) in [5.41, 5.74) is 0.579. The van der Waals surface area contributed by atoms with Crippen LogP contribution in [0, 0.1) is 0 Å². The van der Waals surface area contributed by atoms with Crippen molar-refractivity contribution in [2.24, 2.45) is 0 Å². The third-order valence-corrected chi connectivity index (χ3v) is 21.6. The van der Waals surface area contributed by atoms with Crippen molar-refractivity contribution in [2.75, 3.05) is 14.1 Å². The Morgan fingerprint density at radius 1 is 0.757 bits per heavy atom. The van der Waals surface area contributed by atoms with Crippen molar-refractivity contribution in [3.8, 4) is 0 Å². The molecule has 3 aromatic rings. The number of hydrogen-bond acceptors (Lipinski definition) is 3. The van der Waals surface area contributed by atoms with Crippen LogP contribution < -0.4 is 10.7 Å². The SMILES string of the molecule is C=[C](CC(=CN(C)C)CB1OC(C)(C)C(C)(C)O1)[Sn]([c]1ccccc1)([c]1ccccc1)[c]1ccccc1. The van der Waals surface area contributed by atoms with Gasteiger partial charge in [0.15, 0.2) is 0 Å². The van der Waals surface area contributed by atoms with E-state index in [0.29, 0.717) is 6.32 Å². The van der Waals surface area contributed by atoms with Crippen LogP contribution in [0.15, 0.2) is 113 Å². The van der Waals surface area contributed by atoms with E-state index in [1.165, 1.54) is 19.9 Å². The van der Waals surface area contributed by atoms with Gasteiger partial charge in [-0.1, -0.05) is 0 Å². The van der Waals surface area contributed by atoms with E-state index in [0.717, 1.165) is 6.42 Å². The Morgan fingerprint density at radius 2 is 1.14 bits per heavy atom. The Morgan fingerprint density at radius 3 is 1.49 bits per heavy atom. The van der Waals surface area contributed by atoms with Gasteiger partial charge in [-0.05, 0) is 0 Å². The van der Waals surface area contributed by atoms with Crippen LogP contribution in [-0.2, 0) is 9.31 Å². The van der Waals surface area contributed by atoms with Gasteiger partial charge in [0.05, 0.1) is 0 Å². The average Bonchev–Trinajstić information content (AvgIpc) is 3.06. The van der Waals surface area contributed by atoms with E-state index in [4.69, 9.17) is 15.9 Å². The van der Waals surface area contributed by atoms with E-state index in [2.05, 4.69) is 144 Å². The first kappa shape index (κ1) is 27.8. The van der Waals surface area contributed by atoms with E-state index in [1.54, 1.807) is 0 Å². The maximum atomic E-state index is 6.40. The van der Waals surface area contributed by atoms with Crippen LogP contribution >= 0.6 is 0 Å². The average molecular weight is 600 g/mol. The van der Waals surface area contributed by atoms with Gasteiger partial charge in [-0.2, -0.15) is 0 Å². The molecule has 0 spiro atoms. The molecule has 0 aliphatic carbocycles.